The van der Waals surface area contributed by atoms with E-state index in [1.807, 2.05) is 40.9 Å². The molecule has 1 aliphatic rings. The highest BCUT2D eigenvalue weighted by atomic mass is 32.1. The van der Waals surface area contributed by atoms with E-state index in [1.165, 1.54) is 16.9 Å². The molecule has 4 heterocycles. The summed E-state index contributed by atoms with van der Waals surface area (Å²) in [7, 11) is 2.10. The molecule has 4 rings (SSSR count). The SMILES string of the molecule is Cc1cc(C)c2c(-n3cccc3)c(C(=O)N3CCN(C)CC3)sc2n1. The molecule has 0 N–H and O–H groups in total. The summed E-state index contributed by atoms with van der Waals surface area (Å²) >= 11 is 1.52. The molecule has 1 amide bonds. The second-order valence-electron chi connectivity index (χ2n) is 6.73. The number of aryl methyl sites for hydroxylation is 2. The molecule has 130 valence electrons. The number of likely N-dealkylation sites (N-methyl/N-ethyl adjacent to an activating group) is 1. The van der Waals surface area contributed by atoms with Gasteiger partial charge in [0.25, 0.3) is 5.91 Å². The molecule has 25 heavy (non-hydrogen) atoms. The molecule has 0 unspecified atom stereocenters. The average molecular weight is 354 g/mol. The summed E-state index contributed by atoms with van der Waals surface area (Å²) in [6.45, 7) is 7.50. The number of hydrogen-bond donors (Lipinski definition) is 0. The van der Waals surface area contributed by atoms with Gasteiger partial charge in [-0.3, -0.25) is 4.79 Å². The van der Waals surface area contributed by atoms with Crippen LogP contribution in [0.25, 0.3) is 15.9 Å². The molecule has 0 aliphatic carbocycles. The molecule has 5 nitrogen and oxygen atoms in total. The predicted octanol–water partition coefficient (Wildman–Crippen LogP) is 3.09. The van der Waals surface area contributed by atoms with Crippen LogP contribution in [0.3, 0.4) is 0 Å². The third-order valence-electron chi connectivity index (χ3n) is 4.81. The number of rotatable bonds is 2. The summed E-state index contributed by atoms with van der Waals surface area (Å²) in [5, 5.41) is 1.09. The van der Waals surface area contributed by atoms with Crippen LogP contribution in [-0.4, -0.2) is 58.5 Å². The van der Waals surface area contributed by atoms with Crippen LogP contribution in [0, 0.1) is 13.8 Å². The summed E-state index contributed by atoms with van der Waals surface area (Å²) in [6.07, 6.45) is 4.00. The van der Waals surface area contributed by atoms with E-state index in [4.69, 9.17) is 4.98 Å². The molecule has 0 bridgehead atoms. The summed E-state index contributed by atoms with van der Waals surface area (Å²) in [6, 6.07) is 6.07. The van der Waals surface area contributed by atoms with E-state index in [0.717, 1.165) is 52.7 Å². The topological polar surface area (TPSA) is 41.4 Å². The number of aromatic nitrogens is 2. The number of fused-ring (bicyclic) bond motifs is 1. The largest absolute Gasteiger partial charge is 0.335 e. The minimum absolute atomic E-state index is 0.122. The van der Waals surface area contributed by atoms with Crippen LogP contribution in [0.2, 0.25) is 0 Å². The quantitative estimate of drug-likeness (QED) is 0.710. The molecule has 0 spiro atoms. The molecule has 1 saturated heterocycles. The highest BCUT2D eigenvalue weighted by Crippen LogP contribution is 2.36. The van der Waals surface area contributed by atoms with Crippen molar-refractivity contribution in [3.8, 4) is 5.69 Å². The maximum Gasteiger partial charge on any atom is 0.266 e. The zero-order valence-corrected chi connectivity index (χ0v) is 15.6. The molecule has 3 aromatic heterocycles. The van der Waals surface area contributed by atoms with Crippen molar-refractivity contribution in [2.75, 3.05) is 33.2 Å². The minimum Gasteiger partial charge on any atom is -0.335 e. The van der Waals surface area contributed by atoms with Gasteiger partial charge >= 0.3 is 0 Å². The van der Waals surface area contributed by atoms with Gasteiger partial charge in [0.2, 0.25) is 0 Å². The zero-order chi connectivity index (χ0) is 17.6. The van der Waals surface area contributed by atoms with Gasteiger partial charge in [-0.15, -0.1) is 11.3 Å². The van der Waals surface area contributed by atoms with Gasteiger partial charge in [-0.1, -0.05) is 0 Å². The summed E-state index contributed by atoms with van der Waals surface area (Å²) < 4.78 is 2.05. The van der Waals surface area contributed by atoms with Crippen molar-refractivity contribution < 1.29 is 4.79 Å². The van der Waals surface area contributed by atoms with Crippen molar-refractivity contribution in [2.24, 2.45) is 0 Å². The van der Waals surface area contributed by atoms with E-state index in [2.05, 4.69) is 24.9 Å². The maximum atomic E-state index is 13.3. The lowest BCUT2D eigenvalue weighted by atomic mass is 10.1. The van der Waals surface area contributed by atoms with Crippen molar-refractivity contribution in [2.45, 2.75) is 13.8 Å². The number of amides is 1. The van der Waals surface area contributed by atoms with Crippen LogP contribution in [0.5, 0.6) is 0 Å². The average Bonchev–Trinajstić information content (AvgIpc) is 3.21. The summed E-state index contributed by atoms with van der Waals surface area (Å²) in [4.78, 5) is 23.9. The van der Waals surface area contributed by atoms with Gasteiger partial charge in [-0.25, -0.2) is 4.98 Å². The van der Waals surface area contributed by atoms with Crippen molar-refractivity contribution >= 4 is 27.5 Å². The Morgan fingerprint density at radius 1 is 1.12 bits per heavy atom. The van der Waals surface area contributed by atoms with Gasteiger partial charge in [0.1, 0.15) is 9.71 Å². The van der Waals surface area contributed by atoms with Crippen LogP contribution in [0.15, 0.2) is 30.6 Å². The van der Waals surface area contributed by atoms with Gasteiger partial charge in [0.05, 0.1) is 5.69 Å². The van der Waals surface area contributed by atoms with Gasteiger partial charge in [-0.2, -0.15) is 0 Å². The molecule has 1 aliphatic heterocycles. The van der Waals surface area contributed by atoms with Crippen LogP contribution in [0.4, 0.5) is 0 Å². The first kappa shape index (κ1) is 16.3. The normalized spacial score (nSPS) is 15.9. The van der Waals surface area contributed by atoms with Crippen molar-refractivity contribution in [1.82, 2.24) is 19.4 Å². The molecule has 1 fully saturated rings. The Bertz CT molecular complexity index is 921. The number of nitrogens with zero attached hydrogens (tertiary/aromatic N) is 4. The second-order valence-corrected chi connectivity index (χ2v) is 7.73. The van der Waals surface area contributed by atoms with Crippen molar-refractivity contribution in [3.63, 3.8) is 0 Å². The lowest BCUT2D eigenvalue weighted by Gasteiger charge is -2.32. The summed E-state index contributed by atoms with van der Waals surface area (Å²) in [5.74, 6) is 0.122. The monoisotopic (exact) mass is 354 g/mol. The van der Waals surface area contributed by atoms with Crippen molar-refractivity contribution in [3.05, 3.63) is 46.7 Å². The fraction of sp³-hybridized carbons (Fsp3) is 0.368. The first-order chi connectivity index (χ1) is 12.0. The number of thiophene rings is 1. The van der Waals surface area contributed by atoms with Crippen molar-refractivity contribution in [1.29, 1.82) is 0 Å². The minimum atomic E-state index is 0.122. The molecular weight excluding hydrogens is 332 g/mol. The lowest BCUT2D eigenvalue weighted by Crippen LogP contribution is -2.47. The fourth-order valence-electron chi connectivity index (χ4n) is 3.45. The van der Waals surface area contributed by atoms with Gasteiger partial charge in [0.15, 0.2) is 0 Å². The first-order valence-corrected chi connectivity index (χ1v) is 9.38. The molecule has 0 atom stereocenters. The highest BCUT2D eigenvalue weighted by Gasteiger charge is 2.27. The molecule has 6 heteroatoms. The number of hydrogen-bond acceptors (Lipinski definition) is 4. The third-order valence-corrected chi connectivity index (χ3v) is 5.87. The van der Waals surface area contributed by atoms with E-state index in [0.29, 0.717) is 0 Å². The van der Waals surface area contributed by atoms with E-state index in [9.17, 15) is 4.79 Å². The molecule has 0 aromatic carbocycles. The smallest absolute Gasteiger partial charge is 0.266 e. The van der Waals surface area contributed by atoms with E-state index in [1.54, 1.807) is 0 Å². The number of carbonyl (C=O) groups excluding carboxylic acids is 1. The Morgan fingerprint density at radius 3 is 2.48 bits per heavy atom. The standard InChI is InChI=1S/C19H22N4OS/c1-13-12-14(2)20-18-15(13)16(22-6-4-5-7-22)17(25-18)19(24)23-10-8-21(3)9-11-23/h4-7,12H,8-11H2,1-3H3. The highest BCUT2D eigenvalue weighted by molar-refractivity contribution is 7.21. The van der Waals surface area contributed by atoms with E-state index < -0.39 is 0 Å². The van der Waals surface area contributed by atoms with E-state index >= 15 is 0 Å². The zero-order valence-electron chi connectivity index (χ0n) is 14.8. The lowest BCUT2D eigenvalue weighted by molar-refractivity contribution is 0.0669. The molecule has 3 aromatic rings. The van der Waals surface area contributed by atoms with Gasteiger partial charge < -0.3 is 14.4 Å². The summed E-state index contributed by atoms with van der Waals surface area (Å²) in [5.41, 5.74) is 3.13. The van der Waals surface area contributed by atoms with Gasteiger partial charge in [0, 0.05) is 49.7 Å². The number of carbonyl (C=O) groups is 1. The first-order valence-electron chi connectivity index (χ1n) is 8.56. The maximum absolute atomic E-state index is 13.3. The Kier molecular flexibility index (Phi) is 4.09. The second kappa shape index (κ2) is 6.28. The number of piperazine rings is 1. The fourth-order valence-corrected chi connectivity index (χ4v) is 4.71. The van der Waals surface area contributed by atoms with Crippen LogP contribution in [0.1, 0.15) is 20.9 Å². The Labute approximate surface area is 151 Å². The van der Waals surface area contributed by atoms with E-state index in [-0.39, 0.29) is 5.91 Å². The Hall–Kier alpha value is -2.18. The van der Waals surface area contributed by atoms with Crippen LogP contribution >= 0.6 is 11.3 Å². The van der Waals surface area contributed by atoms with Crippen LogP contribution in [-0.2, 0) is 0 Å². The Balaban J connectivity index is 1.87. The molecular formula is C19H22N4OS. The predicted molar refractivity (Wildman–Crippen MR) is 102 cm³/mol. The molecule has 0 radical (unpaired) electrons. The van der Waals surface area contributed by atoms with Crippen LogP contribution < -0.4 is 0 Å². The third kappa shape index (κ3) is 2.85. The van der Waals surface area contributed by atoms with Gasteiger partial charge in [-0.05, 0) is 44.7 Å². The Morgan fingerprint density at radius 2 is 1.80 bits per heavy atom. The number of pyridine rings is 1. The molecule has 0 saturated carbocycles.